The van der Waals surface area contributed by atoms with Crippen molar-refractivity contribution in [2.75, 3.05) is 20.7 Å². The van der Waals surface area contributed by atoms with Gasteiger partial charge < -0.3 is 15.8 Å². The van der Waals surface area contributed by atoms with Gasteiger partial charge in [-0.3, -0.25) is 0 Å². The molecule has 0 aromatic heterocycles. The lowest BCUT2D eigenvalue weighted by atomic mass is 9.80. The highest BCUT2D eigenvalue weighted by Crippen LogP contribution is 2.38. The molecule has 0 radical (unpaired) electrons. The van der Waals surface area contributed by atoms with Crippen LogP contribution in [-0.4, -0.2) is 20.7 Å². The highest BCUT2D eigenvalue weighted by atomic mass is 35.5. The summed E-state index contributed by atoms with van der Waals surface area (Å²) in [6.07, 6.45) is 0. The Labute approximate surface area is 108 Å². The van der Waals surface area contributed by atoms with Crippen molar-refractivity contribution >= 4 is 11.6 Å². The van der Waals surface area contributed by atoms with Crippen molar-refractivity contribution in [2.24, 2.45) is 11.1 Å². The molecule has 1 aromatic rings. The Balaban J connectivity index is 3.23. The van der Waals surface area contributed by atoms with Gasteiger partial charge in [-0.2, -0.15) is 0 Å². The minimum Gasteiger partial charge on any atom is -0.496 e. The maximum absolute atomic E-state index is 6.05. The van der Waals surface area contributed by atoms with E-state index in [1.807, 2.05) is 25.2 Å². The molecule has 0 saturated carbocycles. The lowest BCUT2D eigenvalue weighted by Gasteiger charge is -2.34. The van der Waals surface area contributed by atoms with Crippen LogP contribution in [-0.2, 0) is 0 Å². The molecule has 0 saturated heterocycles. The second-order valence-electron chi connectivity index (χ2n) is 4.80. The monoisotopic (exact) mass is 256 g/mol. The van der Waals surface area contributed by atoms with Crippen molar-refractivity contribution in [1.82, 2.24) is 5.32 Å². The van der Waals surface area contributed by atoms with Crippen LogP contribution < -0.4 is 15.8 Å². The lowest BCUT2D eigenvalue weighted by Crippen LogP contribution is -2.38. The van der Waals surface area contributed by atoms with Crippen LogP contribution in [0.1, 0.15) is 25.5 Å². The number of hydrogen-bond donors (Lipinski definition) is 2. The zero-order valence-electron chi connectivity index (χ0n) is 10.9. The Morgan fingerprint density at radius 3 is 2.59 bits per heavy atom. The van der Waals surface area contributed by atoms with Gasteiger partial charge in [0, 0.05) is 16.6 Å². The van der Waals surface area contributed by atoms with Crippen LogP contribution in [0.15, 0.2) is 18.2 Å². The molecule has 0 spiro atoms. The van der Waals surface area contributed by atoms with Crippen LogP contribution in [0.3, 0.4) is 0 Å². The summed E-state index contributed by atoms with van der Waals surface area (Å²) in [5.41, 5.74) is 6.80. The van der Waals surface area contributed by atoms with Gasteiger partial charge in [-0.1, -0.05) is 25.4 Å². The Morgan fingerprint density at radius 1 is 1.47 bits per heavy atom. The number of halogens is 1. The Bertz CT molecular complexity index is 380. The molecule has 1 rings (SSSR count). The maximum atomic E-state index is 6.05. The molecule has 0 amide bonds. The molecule has 0 aliphatic rings. The number of nitrogens with one attached hydrogen (secondary N) is 1. The van der Waals surface area contributed by atoms with Crippen LogP contribution in [0, 0.1) is 5.41 Å². The predicted octanol–water partition coefficient (Wildman–Crippen LogP) is 2.59. The second-order valence-corrected chi connectivity index (χ2v) is 5.24. The van der Waals surface area contributed by atoms with Crippen molar-refractivity contribution in [2.45, 2.75) is 19.9 Å². The van der Waals surface area contributed by atoms with Crippen LogP contribution >= 0.6 is 11.6 Å². The van der Waals surface area contributed by atoms with E-state index in [9.17, 15) is 0 Å². The van der Waals surface area contributed by atoms with Gasteiger partial charge in [-0.15, -0.1) is 0 Å². The van der Waals surface area contributed by atoms with Gasteiger partial charge in [0.25, 0.3) is 0 Å². The summed E-state index contributed by atoms with van der Waals surface area (Å²) in [6.45, 7) is 4.82. The van der Waals surface area contributed by atoms with Gasteiger partial charge in [-0.05, 0) is 37.2 Å². The normalized spacial score (nSPS) is 13.5. The molecular weight excluding hydrogens is 236 g/mol. The van der Waals surface area contributed by atoms with E-state index in [0.717, 1.165) is 11.3 Å². The van der Waals surface area contributed by atoms with E-state index >= 15 is 0 Å². The molecule has 96 valence electrons. The van der Waals surface area contributed by atoms with Gasteiger partial charge in [0.05, 0.1) is 7.11 Å². The van der Waals surface area contributed by atoms with Gasteiger partial charge in [0.15, 0.2) is 0 Å². The fourth-order valence-electron chi connectivity index (χ4n) is 2.02. The summed E-state index contributed by atoms with van der Waals surface area (Å²) >= 11 is 6.05. The van der Waals surface area contributed by atoms with Gasteiger partial charge in [-0.25, -0.2) is 0 Å². The minimum absolute atomic E-state index is 0.0767. The standard InChI is InChI=1S/C13H21ClN2O/c1-13(2,8-15)12(16-3)10-7-9(14)5-6-11(10)17-4/h5-7,12,16H,8,15H2,1-4H3. The highest BCUT2D eigenvalue weighted by Gasteiger charge is 2.30. The largest absolute Gasteiger partial charge is 0.496 e. The third-order valence-corrected chi connectivity index (χ3v) is 3.33. The fourth-order valence-corrected chi connectivity index (χ4v) is 2.20. The van der Waals surface area contributed by atoms with Crippen molar-refractivity contribution in [1.29, 1.82) is 0 Å². The number of nitrogens with two attached hydrogens (primary N) is 1. The van der Waals surface area contributed by atoms with Gasteiger partial charge in [0.1, 0.15) is 5.75 Å². The maximum Gasteiger partial charge on any atom is 0.123 e. The first kappa shape index (κ1) is 14.3. The van der Waals surface area contributed by atoms with Crippen LogP contribution in [0.2, 0.25) is 5.02 Å². The quantitative estimate of drug-likeness (QED) is 0.851. The Morgan fingerprint density at radius 2 is 2.12 bits per heavy atom. The molecule has 1 aromatic carbocycles. The van der Waals surface area contributed by atoms with Crippen LogP contribution in [0.5, 0.6) is 5.75 Å². The average molecular weight is 257 g/mol. The second kappa shape index (κ2) is 5.71. The third-order valence-electron chi connectivity index (χ3n) is 3.10. The van der Waals surface area contributed by atoms with Crippen LogP contribution in [0.25, 0.3) is 0 Å². The van der Waals surface area contributed by atoms with Gasteiger partial charge >= 0.3 is 0 Å². The molecule has 0 aliphatic heterocycles. The van der Waals surface area contributed by atoms with E-state index in [0.29, 0.717) is 11.6 Å². The summed E-state index contributed by atoms with van der Waals surface area (Å²) in [7, 11) is 3.58. The molecular formula is C13H21ClN2O. The van der Waals surface area contributed by atoms with E-state index < -0.39 is 0 Å². The summed E-state index contributed by atoms with van der Waals surface area (Å²) in [5.74, 6) is 0.829. The molecule has 4 heteroatoms. The van der Waals surface area contributed by atoms with Crippen molar-refractivity contribution in [3.63, 3.8) is 0 Å². The van der Waals surface area contributed by atoms with E-state index in [1.165, 1.54) is 0 Å². The first-order valence-corrected chi connectivity index (χ1v) is 6.05. The predicted molar refractivity (Wildman–Crippen MR) is 72.6 cm³/mol. The molecule has 0 bridgehead atoms. The first-order valence-electron chi connectivity index (χ1n) is 5.67. The number of hydrogen-bond acceptors (Lipinski definition) is 3. The molecule has 0 aliphatic carbocycles. The molecule has 0 heterocycles. The number of rotatable bonds is 5. The SMILES string of the molecule is CNC(c1cc(Cl)ccc1OC)C(C)(C)CN. The number of benzene rings is 1. The number of methoxy groups -OCH3 is 1. The molecule has 0 fully saturated rings. The number of ether oxygens (including phenoxy) is 1. The summed E-state index contributed by atoms with van der Waals surface area (Å²) in [6, 6.07) is 5.74. The Kier molecular flexibility index (Phi) is 4.80. The summed E-state index contributed by atoms with van der Waals surface area (Å²) < 4.78 is 5.38. The molecule has 3 N–H and O–H groups in total. The van der Waals surface area contributed by atoms with Crippen LogP contribution in [0.4, 0.5) is 0 Å². The van der Waals surface area contributed by atoms with E-state index in [-0.39, 0.29) is 11.5 Å². The minimum atomic E-state index is -0.0767. The van der Waals surface area contributed by atoms with E-state index in [2.05, 4.69) is 19.2 Å². The average Bonchev–Trinajstić information content (AvgIpc) is 2.30. The van der Waals surface area contributed by atoms with Crippen molar-refractivity contribution in [3.8, 4) is 5.75 Å². The highest BCUT2D eigenvalue weighted by molar-refractivity contribution is 6.30. The topological polar surface area (TPSA) is 47.3 Å². The summed E-state index contributed by atoms with van der Waals surface area (Å²) in [4.78, 5) is 0. The molecule has 3 nitrogen and oxygen atoms in total. The Hall–Kier alpha value is -0.770. The third kappa shape index (κ3) is 3.12. The van der Waals surface area contributed by atoms with Crippen molar-refractivity contribution < 1.29 is 4.74 Å². The molecule has 1 unspecified atom stereocenters. The zero-order chi connectivity index (χ0) is 13.1. The fraction of sp³-hybridized carbons (Fsp3) is 0.538. The molecule has 17 heavy (non-hydrogen) atoms. The smallest absolute Gasteiger partial charge is 0.123 e. The van der Waals surface area contributed by atoms with Gasteiger partial charge in [0.2, 0.25) is 0 Å². The summed E-state index contributed by atoms with van der Waals surface area (Å²) in [5, 5.41) is 4.00. The zero-order valence-corrected chi connectivity index (χ0v) is 11.6. The van der Waals surface area contributed by atoms with Crippen molar-refractivity contribution in [3.05, 3.63) is 28.8 Å². The molecule has 1 atom stereocenters. The first-order chi connectivity index (χ1) is 7.96. The van der Waals surface area contributed by atoms with E-state index in [1.54, 1.807) is 7.11 Å². The lowest BCUT2D eigenvalue weighted by molar-refractivity contribution is 0.258. The van der Waals surface area contributed by atoms with E-state index in [4.69, 9.17) is 22.1 Å².